The molecular weight excluding hydrogens is 286 g/mol. The Labute approximate surface area is 129 Å². The summed E-state index contributed by atoms with van der Waals surface area (Å²) in [7, 11) is 0. The number of hydrogen-bond acceptors (Lipinski definition) is 5. The Morgan fingerprint density at radius 2 is 2.32 bits per heavy atom. The third kappa shape index (κ3) is 2.52. The quantitative estimate of drug-likeness (QED) is 0.840. The van der Waals surface area contributed by atoms with Crippen molar-refractivity contribution in [2.75, 3.05) is 19.7 Å². The molecule has 1 N–H and O–H groups in total. The minimum atomic E-state index is -0.677. The summed E-state index contributed by atoms with van der Waals surface area (Å²) >= 11 is 0. The van der Waals surface area contributed by atoms with Crippen molar-refractivity contribution >= 4 is 11.9 Å². The maximum atomic E-state index is 11.7. The molecule has 2 aliphatic rings. The van der Waals surface area contributed by atoms with Crippen LogP contribution in [0.3, 0.4) is 0 Å². The molecule has 0 amide bonds. The van der Waals surface area contributed by atoms with Crippen LogP contribution >= 0.6 is 0 Å². The molecule has 1 aromatic heterocycles. The first kappa shape index (κ1) is 15.1. The van der Waals surface area contributed by atoms with E-state index in [1.807, 2.05) is 0 Å². The highest BCUT2D eigenvalue weighted by atomic mass is 16.5. The van der Waals surface area contributed by atoms with E-state index in [1.165, 1.54) is 0 Å². The Hall–Kier alpha value is -1.82. The summed E-state index contributed by atoms with van der Waals surface area (Å²) < 4.78 is 10.4. The van der Waals surface area contributed by atoms with Gasteiger partial charge in [0, 0.05) is 13.1 Å². The number of fused-ring (bicyclic) bond motifs is 1. The number of carbonyl (C=O) groups excluding carboxylic acids is 1. The molecule has 1 aliphatic carbocycles. The van der Waals surface area contributed by atoms with E-state index in [1.54, 1.807) is 19.1 Å². The fourth-order valence-electron chi connectivity index (χ4n) is 3.86. The van der Waals surface area contributed by atoms with Gasteiger partial charge in [0.05, 0.1) is 18.6 Å². The molecule has 120 valence electrons. The maximum Gasteiger partial charge on any atom is 0.374 e. The Morgan fingerprint density at radius 3 is 3.00 bits per heavy atom. The van der Waals surface area contributed by atoms with Gasteiger partial charge in [-0.15, -0.1) is 0 Å². The van der Waals surface area contributed by atoms with Crippen LogP contribution < -0.4 is 0 Å². The number of ether oxygens (including phenoxy) is 1. The first-order valence-corrected chi connectivity index (χ1v) is 7.77. The summed E-state index contributed by atoms with van der Waals surface area (Å²) in [6.45, 7) is 3.93. The largest absolute Gasteiger partial charge is 0.481 e. The van der Waals surface area contributed by atoms with Crippen LogP contribution in [0.5, 0.6) is 0 Å². The van der Waals surface area contributed by atoms with E-state index in [0.717, 1.165) is 25.8 Å². The zero-order valence-corrected chi connectivity index (χ0v) is 12.7. The third-order valence-electron chi connectivity index (χ3n) is 4.88. The van der Waals surface area contributed by atoms with Crippen molar-refractivity contribution in [2.24, 2.45) is 11.3 Å². The van der Waals surface area contributed by atoms with Crippen LogP contribution in [-0.2, 0) is 16.1 Å². The number of nitrogens with zero attached hydrogens (tertiary/aromatic N) is 1. The normalized spacial score (nSPS) is 27.8. The van der Waals surface area contributed by atoms with Crippen molar-refractivity contribution in [1.82, 2.24) is 4.90 Å². The lowest BCUT2D eigenvalue weighted by atomic mass is 9.81. The van der Waals surface area contributed by atoms with Crippen molar-refractivity contribution in [3.8, 4) is 0 Å². The maximum absolute atomic E-state index is 11.7. The highest BCUT2D eigenvalue weighted by Gasteiger charge is 2.54. The minimum absolute atomic E-state index is 0.198. The zero-order chi connectivity index (χ0) is 15.7. The topological polar surface area (TPSA) is 80.0 Å². The number of esters is 1. The number of carboxylic acid groups (broad SMARTS) is 1. The van der Waals surface area contributed by atoms with Crippen LogP contribution in [-0.4, -0.2) is 41.6 Å². The molecule has 1 aliphatic heterocycles. The van der Waals surface area contributed by atoms with Gasteiger partial charge in [0.1, 0.15) is 5.76 Å². The lowest BCUT2D eigenvalue weighted by molar-refractivity contribution is -0.149. The number of aliphatic carboxylic acids is 1. The standard InChI is InChI=1S/C16H21NO5/c1-2-21-14(18)13-6-5-12(22-13)9-17-8-11-4-3-7-16(11,10-17)15(19)20/h5-6,11H,2-4,7-10H2,1H3,(H,19,20)/t11-,16+/m0/s1. The Kier molecular flexibility index (Phi) is 3.95. The summed E-state index contributed by atoms with van der Waals surface area (Å²) in [6, 6.07) is 3.37. The fraction of sp³-hybridized carbons (Fsp3) is 0.625. The van der Waals surface area contributed by atoms with E-state index < -0.39 is 17.4 Å². The van der Waals surface area contributed by atoms with Crippen molar-refractivity contribution < 1.29 is 23.8 Å². The van der Waals surface area contributed by atoms with Gasteiger partial charge in [0.25, 0.3) is 0 Å². The third-order valence-corrected chi connectivity index (χ3v) is 4.88. The molecule has 1 saturated carbocycles. The van der Waals surface area contributed by atoms with Crippen molar-refractivity contribution in [1.29, 1.82) is 0 Å². The summed E-state index contributed by atoms with van der Waals surface area (Å²) in [5, 5.41) is 9.58. The van der Waals surface area contributed by atoms with E-state index in [-0.39, 0.29) is 11.7 Å². The van der Waals surface area contributed by atoms with Crippen molar-refractivity contribution in [2.45, 2.75) is 32.7 Å². The van der Waals surface area contributed by atoms with E-state index in [2.05, 4.69) is 4.90 Å². The van der Waals surface area contributed by atoms with Gasteiger partial charge in [0.15, 0.2) is 0 Å². The van der Waals surface area contributed by atoms with Crippen LogP contribution in [0.1, 0.15) is 42.5 Å². The minimum Gasteiger partial charge on any atom is -0.481 e. The first-order chi connectivity index (χ1) is 10.5. The van der Waals surface area contributed by atoms with Gasteiger partial charge in [-0.05, 0) is 37.8 Å². The van der Waals surface area contributed by atoms with Gasteiger partial charge >= 0.3 is 11.9 Å². The van der Waals surface area contributed by atoms with Gasteiger partial charge in [-0.2, -0.15) is 0 Å². The average Bonchev–Trinajstić information content (AvgIpc) is 3.13. The second-order valence-electron chi connectivity index (χ2n) is 6.21. The molecule has 0 unspecified atom stereocenters. The van der Waals surface area contributed by atoms with Crippen molar-refractivity contribution in [3.05, 3.63) is 23.7 Å². The van der Waals surface area contributed by atoms with Gasteiger partial charge < -0.3 is 14.3 Å². The van der Waals surface area contributed by atoms with Crippen LogP contribution in [0.15, 0.2) is 16.5 Å². The fourth-order valence-corrected chi connectivity index (χ4v) is 3.86. The summed E-state index contributed by atoms with van der Waals surface area (Å²) in [5.74, 6) is -0.0459. The number of rotatable bonds is 5. The molecule has 0 bridgehead atoms. The molecule has 1 aromatic rings. The van der Waals surface area contributed by atoms with E-state index in [0.29, 0.717) is 25.5 Å². The van der Waals surface area contributed by atoms with Gasteiger partial charge in [-0.3, -0.25) is 9.69 Å². The molecule has 0 spiro atoms. The van der Waals surface area contributed by atoms with E-state index in [4.69, 9.17) is 9.15 Å². The number of carbonyl (C=O) groups is 2. The SMILES string of the molecule is CCOC(=O)c1ccc(CN2C[C@@H]3CCC[C@@]3(C(=O)O)C2)o1. The molecule has 3 rings (SSSR count). The summed E-state index contributed by atoms with van der Waals surface area (Å²) in [6.07, 6.45) is 2.74. The Bertz CT molecular complexity index is 581. The highest BCUT2D eigenvalue weighted by molar-refractivity contribution is 5.86. The molecule has 6 heteroatoms. The Morgan fingerprint density at radius 1 is 1.50 bits per heavy atom. The van der Waals surface area contributed by atoms with Crippen LogP contribution in [0, 0.1) is 11.3 Å². The van der Waals surface area contributed by atoms with Gasteiger partial charge in [-0.25, -0.2) is 4.79 Å². The highest BCUT2D eigenvalue weighted by Crippen LogP contribution is 2.49. The van der Waals surface area contributed by atoms with E-state index >= 15 is 0 Å². The first-order valence-electron chi connectivity index (χ1n) is 7.77. The smallest absolute Gasteiger partial charge is 0.374 e. The lowest BCUT2D eigenvalue weighted by Crippen LogP contribution is -2.35. The predicted octanol–water partition coefficient (Wildman–Crippen LogP) is 2.14. The molecule has 0 radical (unpaired) electrons. The molecule has 2 fully saturated rings. The van der Waals surface area contributed by atoms with Crippen LogP contribution in [0.4, 0.5) is 0 Å². The van der Waals surface area contributed by atoms with Gasteiger partial charge in [-0.1, -0.05) is 6.42 Å². The van der Waals surface area contributed by atoms with Crippen LogP contribution in [0.2, 0.25) is 0 Å². The second-order valence-corrected chi connectivity index (χ2v) is 6.21. The average molecular weight is 307 g/mol. The van der Waals surface area contributed by atoms with Crippen molar-refractivity contribution in [3.63, 3.8) is 0 Å². The van der Waals surface area contributed by atoms with Crippen LogP contribution in [0.25, 0.3) is 0 Å². The molecular formula is C16H21NO5. The number of likely N-dealkylation sites (tertiary alicyclic amines) is 1. The Balaban J connectivity index is 1.66. The molecule has 6 nitrogen and oxygen atoms in total. The molecule has 2 heterocycles. The molecule has 22 heavy (non-hydrogen) atoms. The zero-order valence-electron chi connectivity index (χ0n) is 12.7. The molecule has 2 atom stereocenters. The predicted molar refractivity (Wildman–Crippen MR) is 77.4 cm³/mol. The summed E-state index contributed by atoms with van der Waals surface area (Å²) in [5.41, 5.74) is -0.587. The number of furan rings is 1. The molecule has 1 saturated heterocycles. The second kappa shape index (κ2) is 5.76. The lowest BCUT2D eigenvalue weighted by Gasteiger charge is -2.23. The number of carboxylic acids is 1. The molecule has 0 aromatic carbocycles. The summed E-state index contributed by atoms with van der Waals surface area (Å²) in [4.78, 5) is 25.4. The van der Waals surface area contributed by atoms with E-state index in [9.17, 15) is 14.7 Å². The monoisotopic (exact) mass is 307 g/mol. The number of hydrogen-bond donors (Lipinski definition) is 1. The van der Waals surface area contributed by atoms with Gasteiger partial charge in [0.2, 0.25) is 5.76 Å².